The molecule has 5 nitrogen and oxygen atoms in total. The highest BCUT2D eigenvalue weighted by Gasteiger charge is 2.21. The van der Waals surface area contributed by atoms with Crippen LogP contribution in [0.1, 0.15) is 226 Å². The molecule has 0 fully saturated rings. The van der Waals surface area contributed by atoms with Crippen molar-refractivity contribution in [3.8, 4) is 0 Å². The fraction of sp³-hybridized carbons (Fsp3) is 0.975. The third kappa shape index (κ3) is 33.1. The van der Waals surface area contributed by atoms with Gasteiger partial charge >= 0.3 is 0 Å². The highest BCUT2D eigenvalue weighted by atomic mass is 16.3. The van der Waals surface area contributed by atoms with E-state index in [9.17, 15) is 20.1 Å². The van der Waals surface area contributed by atoms with Crippen LogP contribution in [-0.4, -0.2) is 46.1 Å². The van der Waals surface area contributed by atoms with Crippen LogP contribution in [0.4, 0.5) is 0 Å². The summed E-state index contributed by atoms with van der Waals surface area (Å²) in [6.07, 6.45) is 39.2. The molecule has 0 saturated carbocycles. The minimum absolute atomic E-state index is 0.0424. The molecule has 45 heavy (non-hydrogen) atoms. The van der Waals surface area contributed by atoms with Gasteiger partial charge in [0.25, 0.3) is 0 Å². The zero-order valence-corrected chi connectivity index (χ0v) is 30.5. The molecule has 0 aromatic carbocycles. The lowest BCUT2D eigenvalue weighted by Crippen LogP contribution is -2.46. The number of rotatable bonds is 37. The fourth-order valence-electron chi connectivity index (χ4n) is 6.52. The maximum absolute atomic E-state index is 12.4. The van der Waals surface area contributed by atoms with Gasteiger partial charge in [-0.05, 0) is 12.8 Å². The van der Waals surface area contributed by atoms with Gasteiger partial charge in [0, 0.05) is 0 Å². The molecule has 0 spiro atoms. The number of carbonyl (C=O) groups is 1. The van der Waals surface area contributed by atoms with Crippen LogP contribution in [0.5, 0.6) is 0 Å². The van der Waals surface area contributed by atoms with Crippen molar-refractivity contribution in [2.24, 2.45) is 0 Å². The van der Waals surface area contributed by atoms with Crippen LogP contribution in [-0.2, 0) is 4.79 Å². The number of unbranched alkanes of at least 4 members (excludes halogenated alkanes) is 28. The molecule has 5 heteroatoms. The van der Waals surface area contributed by atoms with Crippen molar-refractivity contribution < 1.29 is 20.1 Å². The van der Waals surface area contributed by atoms with E-state index in [2.05, 4.69) is 19.2 Å². The van der Waals surface area contributed by atoms with E-state index in [0.717, 1.165) is 25.7 Å². The Hall–Kier alpha value is -0.650. The van der Waals surface area contributed by atoms with Gasteiger partial charge < -0.3 is 20.6 Å². The summed E-state index contributed by atoms with van der Waals surface area (Å²) >= 11 is 0. The lowest BCUT2D eigenvalue weighted by molar-refractivity contribution is -0.125. The number of hydrogen-bond donors (Lipinski definition) is 4. The maximum Gasteiger partial charge on any atom is 0.222 e. The molecule has 4 N–H and O–H groups in total. The van der Waals surface area contributed by atoms with Crippen molar-refractivity contribution in [2.75, 3.05) is 6.61 Å². The molecular weight excluding hydrogens is 558 g/mol. The SMILES string of the molecule is CCCCCCCCCCCCCCCCCCCCC(O)CC(=O)NC(CO)C(O)CCCCCCCCCCCCCC. The smallest absolute Gasteiger partial charge is 0.222 e. The first-order chi connectivity index (χ1) is 22.0. The van der Waals surface area contributed by atoms with Gasteiger partial charge in [0.1, 0.15) is 0 Å². The van der Waals surface area contributed by atoms with Crippen molar-refractivity contribution in [1.82, 2.24) is 5.32 Å². The third-order valence-corrected chi connectivity index (χ3v) is 9.67. The first-order valence-electron chi connectivity index (χ1n) is 20.3. The van der Waals surface area contributed by atoms with E-state index in [0.29, 0.717) is 12.8 Å². The average molecular weight is 640 g/mol. The summed E-state index contributed by atoms with van der Waals surface area (Å²) in [5, 5.41) is 33.3. The molecule has 0 aliphatic rings. The predicted molar refractivity (Wildman–Crippen MR) is 195 cm³/mol. The number of carbonyl (C=O) groups excluding carboxylic acids is 1. The Morgan fingerprint density at radius 1 is 0.467 bits per heavy atom. The van der Waals surface area contributed by atoms with Gasteiger partial charge in [-0.25, -0.2) is 0 Å². The maximum atomic E-state index is 12.4. The molecule has 0 rings (SSSR count). The van der Waals surface area contributed by atoms with Gasteiger partial charge in [-0.2, -0.15) is 0 Å². The highest BCUT2D eigenvalue weighted by molar-refractivity contribution is 5.76. The van der Waals surface area contributed by atoms with Gasteiger partial charge in [0.15, 0.2) is 0 Å². The molecule has 0 aromatic heterocycles. The van der Waals surface area contributed by atoms with Crippen molar-refractivity contribution in [1.29, 1.82) is 0 Å². The molecule has 0 radical (unpaired) electrons. The highest BCUT2D eigenvalue weighted by Crippen LogP contribution is 2.16. The molecule has 1 amide bonds. The van der Waals surface area contributed by atoms with Crippen LogP contribution in [0.2, 0.25) is 0 Å². The molecule has 0 heterocycles. The molecule has 0 bridgehead atoms. The minimum Gasteiger partial charge on any atom is -0.394 e. The predicted octanol–water partition coefficient (Wildman–Crippen LogP) is 11.1. The van der Waals surface area contributed by atoms with E-state index in [-0.39, 0.29) is 18.9 Å². The average Bonchev–Trinajstić information content (AvgIpc) is 3.03. The van der Waals surface area contributed by atoms with Crippen LogP contribution >= 0.6 is 0 Å². The number of nitrogens with one attached hydrogen (secondary N) is 1. The summed E-state index contributed by atoms with van der Waals surface area (Å²) in [4.78, 5) is 12.4. The Kier molecular flexibility index (Phi) is 35.7. The standard InChI is InChI=1S/C40H81NO4/c1-3-5-7-9-11-13-15-17-18-19-20-21-22-23-25-27-29-31-33-37(43)35-40(45)41-38(36-42)39(44)34-32-30-28-26-24-16-14-12-10-8-6-4-2/h37-39,42-44H,3-36H2,1-2H3,(H,41,45). The third-order valence-electron chi connectivity index (χ3n) is 9.67. The van der Waals surface area contributed by atoms with Crippen molar-refractivity contribution in [3.63, 3.8) is 0 Å². The second kappa shape index (κ2) is 36.2. The summed E-state index contributed by atoms with van der Waals surface area (Å²) in [6.45, 7) is 4.26. The Bertz CT molecular complexity index is 587. The monoisotopic (exact) mass is 640 g/mol. The zero-order chi connectivity index (χ0) is 33.1. The van der Waals surface area contributed by atoms with Gasteiger partial charge in [0.2, 0.25) is 5.91 Å². The summed E-state index contributed by atoms with van der Waals surface area (Å²) in [5.41, 5.74) is 0. The second-order valence-corrected chi connectivity index (χ2v) is 14.3. The van der Waals surface area contributed by atoms with Crippen LogP contribution in [0.25, 0.3) is 0 Å². The fourth-order valence-corrected chi connectivity index (χ4v) is 6.52. The second-order valence-electron chi connectivity index (χ2n) is 14.3. The summed E-state index contributed by atoms with van der Waals surface area (Å²) in [5.74, 6) is -0.280. The van der Waals surface area contributed by atoms with E-state index in [1.54, 1.807) is 0 Å². The number of aliphatic hydroxyl groups excluding tert-OH is 3. The van der Waals surface area contributed by atoms with Gasteiger partial charge in [0.05, 0.1) is 31.3 Å². The van der Waals surface area contributed by atoms with Gasteiger partial charge in [-0.15, -0.1) is 0 Å². The van der Waals surface area contributed by atoms with Crippen molar-refractivity contribution >= 4 is 5.91 Å². The largest absolute Gasteiger partial charge is 0.394 e. The zero-order valence-electron chi connectivity index (χ0n) is 30.5. The van der Waals surface area contributed by atoms with E-state index in [4.69, 9.17) is 0 Å². The Morgan fingerprint density at radius 2 is 0.756 bits per heavy atom. The molecule has 3 atom stereocenters. The molecule has 270 valence electrons. The number of amides is 1. The molecule has 3 unspecified atom stereocenters. The van der Waals surface area contributed by atoms with Crippen LogP contribution in [0.3, 0.4) is 0 Å². The van der Waals surface area contributed by atoms with Crippen molar-refractivity contribution in [2.45, 2.75) is 244 Å². The first-order valence-corrected chi connectivity index (χ1v) is 20.3. The van der Waals surface area contributed by atoms with E-state index < -0.39 is 18.2 Å². The molecular formula is C40H81NO4. The Balaban J connectivity index is 3.59. The minimum atomic E-state index is -0.742. The van der Waals surface area contributed by atoms with Gasteiger partial charge in [-0.3, -0.25) is 4.79 Å². The Morgan fingerprint density at radius 3 is 1.07 bits per heavy atom. The van der Waals surface area contributed by atoms with E-state index in [1.165, 1.54) is 167 Å². The van der Waals surface area contributed by atoms with Crippen LogP contribution in [0.15, 0.2) is 0 Å². The number of hydrogen-bond acceptors (Lipinski definition) is 4. The molecule has 0 aromatic rings. The quantitative estimate of drug-likeness (QED) is 0.0509. The van der Waals surface area contributed by atoms with E-state index >= 15 is 0 Å². The summed E-state index contributed by atoms with van der Waals surface area (Å²) in [6, 6.07) is -0.650. The van der Waals surface area contributed by atoms with Crippen molar-refractivity contribution in [3.05, 3.63) is 0 Å². The summed E-state index contributed by atoms with van der Waals surface area (Å²) < 4.78 is 0. The first kappa shape index (κ1) is 44.4. The molecule has 0 aliphatic carbocycles. The normalized spacial score (nSPS) is 13.6. The van der Waals surface area contributed by atoms with E-state index in [1.807, 2.05) is 0 Å². The number of aliphatic hydroxyl groups is 3. The summed E-state index contributed by atoms with van der Waals surface area (Å²) in [7, 11) is 0. The Labute approximate surface area is 281 Å². The topological polar surface area (TPSA) is 89.8 Å². The van der Waals surface area contributed by atoms with Gasteiger partial charge in [-0.1, -0.05) is 206 Å². The lowest BCUT2D eigenvalue weighted by Gasteiger charge is -2.23. The molecule has 0 saturated heterocycles. The lowest BCUT2D eigenvalue weighted by atomic mass is 10.0. The van der Waals surface area contributed by atoms with Crippen LogP contribution < -0.4 is 5.32 Å². The molecule has 0 aliphatic heterocycles. The van der Waals surface area contributed by atoms with Crippen LogP contribution in [0, 0.1) is 0 Å².